The molecule has 0 aromatic heterocycles. The van der Waals surface area contributed by atoms with E-state index in [1.807, 2.05) is 0 Å². The van der Waals surface area contributed by atoms with Crippen LogP contribution in [0.5, 0.6) is 0 Å². The predicted octanol–water partition coefficient (Wildman–Crippen LogP) is 2.53. The van der Waals surface area contributed by atoms with Gasteiger partial charge in [0, 0.05) is 5.41 Å². The summed E-state index contributed by atoms with van der Waals surface area (Å²) in [6.07, 6.45) is 9.37. The number of aliphatic hydroxyl groups excluding tert-OH is 3. The molecule has 0 unspecified atom stereocenters. The lowest BCUT2D eigenvalue weighted by Gasteiger charge is -2.60. The minimum absolute atomic E-state index is 0.0890. The van der Waals surface area contributed by atoms with E-state index in [0.717, 1.165) is 31.3 Å². The van der Waals surface area contributed by atoms with Crippen molar-refractivity contribution in [1.82, 2.24) is 0 Å². The molecule has 0 saturated heterocycles. The molecule has 0 aromatic rings. The van der Waals surface area contributed by atoms with Gasteiger partial charge in [0.2, 0.25) is 0 Å². The van der Waals surface area contributed by atoms with Crippen LogP contribution in [0.2, 0.25) is 0 Å². The maximum atomic E-state index is 11.0. The van der Waals surface area contributed by atoms with Crippen LogP contribution < -0.4 is 0 Å². The molecular weight excluding hydrogens is 316 g/mol. The molecular formula is C21H30O4. The number of hydrogen-bond acceptors (Lipinski definition) is 4. The van der Waals surface area contributed by atoms with Gasteiger partial charge < -0.3 is 20.4 Å². The fourth-order valence-corrected chi connectivity index (χ4v) is 7.04. The molecule has 4 heteroatoms. The third-order valence-corrected chi connectivity index (χ3v) is 8.65. The van der Waals surface area contributed by atoms with Crippen molar-refractivity contribution in [3.63, 3.8) is 0 Å². The molecule has 8 atom stereocenters. The van der Waals surface area contributed by atoms with Crippen LogP contribution in [0.15, 0.2) is 11.3 Å². The minimum atomic E-state index is -1.08. The highest BCUT2D eigenvalue weighted by Gasteiger charge is 2.65. The summed E-state index contributed by atoms with van der Waals surface area (Å²) in [5.74, 6) is 3.31. The summed E-state index contributed by atoms with van der Waals surface area (Å²) in [5.41, 5.74) is -0.748. The molecule has 3 fully saturated rings. The van der Waals surface area contributed by atoms with Crippen LogP contribution >= 0.6 is 0 Å². The Morgan fingerprint density at radius 1 is 1.04 bits per heavy atom. The van der Waals surface area contributed by atoms with Gasteiger partial charge in [-0.2, -0.15) is 0 Å². The lowest BCUT2D eigenvalue weighted by atomic mass is 9.45. The van der Waals surface area contributed by atoms with Crippen LogP contribution in [0.4, 0.5) is 0 Å². The van der Waals surface area contributed by atoms with Gasteiger partial charge in [-0.3, -0.25) is 0 Å². The van der Waals surface area contributed by atoms with E-state index in [0.29, 0.717) is 19.3 Å². The van der Waals surface area contributed by atoms with Crippen molar-refractivity contribution < 1.29 is 20.4 Å². The van der Waals surface area contributed by atoms with Crippen LogP contribution in [0.1, 0.15) is 58.8 Å². The van der Waals surface area contributed by atoms with Gasteiger partial charge in [-0.25, -0.2) is 0 Å². The minimum Gasteiger partial charge on any atom is -0.510 e. The number of aliphatic hydroxyl groups is 4. The van der Waals surface area contributed by atoms with Crippen LogP contribution in [0.25, 0.3) is 0 Å². The molecule has 0 amide bonds. The first-order chi connectivity index (χ1) is 11.7. The SMILES string of the molecule is C#C[C@]1(O)CC[C@H]2[C@@H]3[C@@H](O)CC4=C(O)[C@H](O)CC[C@]4(C)[C@H]3CC[C@@]21C. The van der Waals surface area contributed by atoms with Crippen molar-refractivity contribution in [2.75, 3.05) is 0 Å². The van der Waals surface area contributed by atoms with Crippen molar-refractivity contribution in [1.29, 1.82) is 0 Å². The van der Waals surface area contributed by atoms with Gasteiger partial charge >= 0.3 is 0 Å². The monoisotopic (exact) mass is 346 g/mol. The van der Waals surface area contributed by atoms with E-state index >= 15 is 0 Å². The number of hydrogen-bond donors (Lipinski definition) is 4. The highest BCUT2D eigenvalue weighted by molar-refractivity contribution is 5.31. The first-order valence-electron chi connectivity index (χ1n) is 9.67. The molecule has 4 N–H and O–H groups in total. The second-order valence-electron chi connectivity index (χ2n) is 9.40. The van der Waals surface area contributed by atoms with Gasteiger partial charge in [-0.1, -0.05) is 19.8 Å². The first kappa shape index (κ1) is 17.4. The van der Waals surface area contributed by atoms with E-state index in [4.69, 9.17) is 6.42 Å². The van der Waals surface area contributed by atoms with Gasteiger partial charge in [-0.15, -0.1) is 6.42 Å². The summed E-state index contributed by atoms with van der Waals surface area (Å²) in [7, 11) is 0. The Kier molecular flexibility index (Phi) is 3.65. The maximum absolute atomic E-state index is 11.0. The summed E-state index contributed by atoms with van der Waals surface area (Å²) in [6.45, 7) is 4.29. The summed E-state index contributed by atoms with van der Waals surface area (Å²) < 4.78 is 0. The second kappa shape index (κ2) is 5.25. The van der Waals surface area contributed by atoms with E-state index in [1.54, 1.807) is 0 Å². The third-order valence-electron chi connectivity index (χ3n) is 8.65. The number of terminal acetylenes is 1. The first-order valence-corrected chi connectivity index (χ1v) is 9.67. The molecule has 25 heavy (non-hydrogen) atoms. The lowest BCUT2D eigenvalue weighted by molar-refractivity contribution is -0.138. The van der Waals surface area contributed by atoms with Gasteiger partial charge in [0.1, 0.15) is 17.5 Å². The lowest BCUT2D eigenvalue weighted by Crippen LogP contribution is -2.58. The van der Waals surface area contributed by atoms with Gasteiger partial charge in [0.15, 0.2) is 0 Å². The fraction of sp³-hybridized carbons (Fsp3) is 0.810. The van der Waals surface area contributed by atoms with Crippen LogP contribution in [-0.2, 0) is 0 Å². The zero-order chi connectivity index (χ0) is 18.2. The molecule has 4 nitrogen and oxygen atoms in total. The average Bonchev–Trinajstić information content (AvgIpc) is 2.86. The predicted molar refractivity (Wildman–Crippen MR) is 94.5 cm³/mol. The van der Waals surface area contributed by atoms with Gasteiger partial charge in [0.25, 0.3) is 0 Å². The van der Waals surface area contributed by atoms with Gasteiger partial charge in [0.05, 0.1) is 6.10 Å². The van der Waals surface area contributed by atoms with Crippen molar-refractivity contribution in [2.45, 2.75) is 76.6 Å². The van der Waals surface area contributed by atoms with Crippen molar-refractivity contribution in [3.8, 4) is 12.3 Å². The van der Waals surface area contributed by atoms with Crippen molar-refractivity contribution in [3.05, 3.63) is 11.3 Å². The molecule has 0 spiro atoms. The molecule has 4 aliphatic carbocycles. The maximum Gasteiger partial charge on any atom is 0.130 e. The van der Waals surface area contributed by atoms with Crippen LogP contribution in [0.3, 0.4) is 0 Å². The zero-order valence-corrected chi connectivity index (χ0v) is 15.2. The molecule has 0 aliphatic heterocycles. The average molecular weight is 346 g/mol. The summed E-state index contributed by atoms with van der Waals surface area (Å²) in [4.78, 5) is 0. The molecule has 4 aliphatic rings. The van der Waals surface area contributed by atoms with Crippen molar-refractivity contribution in [2.24, 2.45) is 28.6 Å². The Hall–Kier alpha value is -1.02. The standard InChI is InChI=1S/C21H30O4/c1-4-21(25)10-6-13-17-12(5-9-20(13,21)3)19(2)8-7-15(22)18(24)14(19)11-16(17)23/h1,12-13,15-17,22-25H,5-11H2,2-3H3/t12-,13-,15+,16-,17+,19+,20-,21-/m0/s1. The summed E-state index contributed by atoms with van der Waals surface area (Å²) >= 11 is 0. The molecule has 0 bridgehead atoms. The summed E-state index contributed by atoms with van der Waals surface area (Å²) in [5, 5.41) is 42.5. The molecule has 138 valence electrons. The topological polar surface area (TPSA) is 80.9 Å². The Morgan fingerprint density at radius 3 is 2.40 bits per heavy atom. The molecule has 4 rings (SSSR count). The summed E-state index contributed by atoms with van der Waals surface area (Å²) in [6, 6.07) is 0. The number of fused-ring (bicyclic) bond motifs is 5. The van der Waals surface area contributed by atoms with E-state index in [2.05, 4.69) is 19.8 Å². The molecule has 0 heterocycles. The van der Waals surface area contributed by atoms with Crippen molar-refractivity contribution >= 4 is 0 Å². The molecule has 0 radical (unpaired) electrons. The highest BCUT2D eigenvalue weighted by Crippen LogP contribution is 2.67. The van der Waals surface area contributed by atoms with E-state index in [-0.39, 0.29) is 34.3 Å². The van der Waals surface area contributed by atoms with E-state index in [1.165, 1.54) is 0 Å². The smallest absolute Gasteiger partial charge is 0.130 e. The number of rotatable bonds is 0. The quantitative estimate of drug-likeness (QED) is 0.508. The third kappa shape index (κ3) is 2.01. The zero-order valence-electron chi connectivity index (χ0n) is 15.2. The Morgan fingerprint density at radius 2 is 1.72 bits per heavy atom. The Labute approximate surface area is 150 Å². The largest absolute Gasteiger partial charge is 0.510 e. The van der Waals surface area contributed by atoms with Crippen LogP contribution in [0, 0.1) is 40.9 Å². The van der Waals surface area contributed by atoms with E-state index in [9.17, 15) is 20.4 Å². The normalized spacial score (nSPS) is 55.1. The highest BCUT2D eigenvalue weighted by atomic mass is 16.3. The Balaban J connectivity index is 1.76. The Bertz CT molecular complexity index is 663. The van der Waals surface area contributed by atoms with E-state index < -0.39 is 17.8 Å². The molecule has 3 saturated carbocycles. The van der Waals surface area contributed by atoms with Crippen LogP contribution in [-0.4, -0.2) is 38.2 Å². The van der Waals surface area contributed by atoms with Gasteiger partial charge in [-0.05, 0) is 73.7 Å². The fourth-order valence-electron chi connectivity index (χ4n) is 7.04. The second-order valence-corrected chi connectivity index (χ2v) is 9.40. The molecule has 0 aromatic carbocycles.